The first-order valence-corrected chi connectivity index (χ1v) is 7.38. The quantitative estimate of drug-likeness (QED) is 0.793. The van der Waals surface area contributed by atoms with Gasteiger partial charge in [0.1, 0.15) is 27.2 Å². The number of carbonyl (C=O) groups is 1. The van der Waals surface area contributed by atoms with Crippen LogP contribution < -0.4 is 5.73 Å². The summed E-state index contributed by atoms with van der Waals surface area (Å²) in [5.74, 6) is -0.346. The van der Waals surface area contributed by atoms with Crippen LogP contribution >= 0.6 is 11.3 Å². The topological polar surface area (TPSA) is 94.9 Å². The minimum absolute atomic E-state index is 0.382. The van der Waals surface area contributed by atoms with Crippen molar-refractivity contribution in [2.24, 2.45) is 5.73 Å². The number of nitrogens with zero attached hydrogens (tertiary/aromatic N) is 3. The first-order chi connectivity index (χ1) is 11.0. The number of nitrogens with two attached hydrogens (primary N) is 1. The highest BCUT2D eigenvalue weighted by atomic mass is 32.1. The number of amides is 1. The third-order valence-corrected chi connectivity index (χ3v) is 4.01. The first kappa shape index (κ1) is 15.0. The molecular weight excluding hydrogens is 319 g/mol. The maximum absolute atomic E-state index is 13.0. The molecule has 3 aromatic heterocycles. The highest BCUT2D eigenvalue weighted by molar-refractivity contribution is 7.14. The molecule has 8 heteroatoms. The molecule has 0 spiro atoms. The van der Waals surface area contributed by atoms with Gasteiger partial charge in [-0.05, 0) is 31.2 Å². The normalized spacial score (nSPS) is 11.2. The Kier molecular flexibility index (Phi) is 3.98. The summed E-state index contributed by atoms with van der Waals surface area (Å²) >= 11 is 1.18. The van der Waals surface area contributed by atoms with Crippen molar-refractivity contribution in [3.05, 3.63) is 51.6 Å². The fraction of sp³-hybridized carbons (Fsp3) is 0.0667. The van der Waals surface area contributed by atoms with Gasteiger partial charge in [-0.25, -0.2) is 9.37 Å². The summed E-state index contributed by atoms with van der Waals surface area (Å²) in [6, 6.07) is 2.83. The second-order valence-electron chi connectivity index (χ2n) is 4.62. The van der Waals surface area contributed by atoms with Crippen molar-refractivity contribution in [1.82, 2.24) is 15.1 Å². The molecule has 116 valence electrons. The molecule has 0 aromatic carbocycles. The van der Waals surface area contributed by atoms with Crippen LogP contribution in [0.5, 0.6) is 0 Å². The van der Waals surface area contributed by atoms with Gasteiger partial charge in [0, 0.05) is 5.56 Å². The maximum Gasteiger partial charge on any atom is 0.260 e. The molecule has 1 amide bonds. The SMILES string of the molecule is Cc1onc(-c2ccc(F)cn2)c1/C=C/c1ncc(C(N)=O)s1. The van der Waals surface area contributed by atoms with Crippen molar-refractivity contribution in [3.63, 3.8) is 0 Å². The minimum atomic E-state index is -0.514. The third-order valence-electron chi connectivity index (χ3n) is 3.04. The second-order valence-corrected chi connectivity index (χ2v) is 5.69. The van der Waals surface area contributed by atoms with E-state index < -0.39 is 11.7 Å². The van der Waals surface area contributed by atoms with E-state index >= 15 is 0 Å². The lowest BCUT2D eigenvalue weighted by molar-refractivity contribution is 0.100. The molecule has 0 unspecified atom stereocenters. The Morgan fingerprint density at radius 3 is 2.78 bits per heavy atom. The Balaban J connectivity index is 1.93. The number of hydrogen-bond acceptors (Lipinski definition) is 6. The molecule has 0 radical (unpaired) electrons. The zero-order chi connectivity index (χ0) is 16.4. The van der Waals surface area contributed by atoms with Gasteiger partial charge in [0.05, 0.1) is 18.1 Å². The van der Waals surface area contributed by atoms with Gasteiger partial charge in [0.25, 0.3) is 5.91 Å². The van der Waals surface area contributed by atoms with Gasteiger partial charge in [-0.2, -0.15) is 0 Å². The Morgan fingerprint density at radius 1 is 1.30 bits per heavy atom. The van der Waals surface area contributed by atoms with E-state index in [9.17, 15) is 9.18 Å². The number of thiazole rings is 1. The highest BCUT2D eigenvalue weighted by Crippen LogP contribution is 2.26. The van der Waals surface area contributed by atoms with E-state index in [0.29, 0.717) is 32.6 Å². The molecule has 0 aliphatic rings. The molecule has 0 saturated heterocycles. The lowest BCUT2D eigenvalue weighted by Gasteiger charge is -1.97. The van der Waals surface area contributed by atoms with E-state index in [1.807, 2.05) is 0 Å². The monoisotopic (exact) mass is 330 g/mol. The van der Waals surface area contributed by atoms with Crippen molar-refractivity contribution in [3.8, 4) is 11.4 Å². The zero-order valence-electron chi connectivity index (χ0n) is 12.0. The van der Waals surface area contributed by atoms with Gasteiger partial charge in [0.15, 0.2) is 0 Å². The average molecular weight is 330 g/mol. The first-order valence-electron chi connectivity index (χ1n) is 6.56. The van der Waals surface area contributed by atoms with Gasteiger partial charge in [-0.3, -0.25) is 9.78 Å². The second kappa shape index (κ2) is 6.09. The molecule has 3 heterocycles. The van der Waals surface area contributed by atoms with Crippen LogP contribution in [0.4, 0.5) is 4.39 Å². The molecule has 0 fully saturated rings. The summed E-state index contributed by atoms with van der Waals surface area (Å²) in [4.78, 5) is 19.5. The highest BCUT2D eigenvalue weighted by Gasteiger charge is 2.14. The maximum atomic E-state index is 13.0. The van der Waals surface area contributed by atoms with E-state index in [2.05, 4.69) is 15.1 Å². The van der Waals surface area contributed by atoms with E-state index in [1.165, 1.54) is 29.7 Å². The summed E-state index contributed by atoms with van der Waals surface area (Å²) < 4.78 is 18.2. The van der Waals surface area contributed by atoms with Gasteiger partial charge >= 0.3 is 0 Å². The summed E-state index contributed by atoms with van der Waals surface area (Å²) in [7, 11) is 0. The lowest BCUT2D eigenvalue weighted by Crippen LogP contribution is -2.08. The predicted molar refractivity (Wildman–Crippen MR) is 84.0 cm³/mol. The Labute approximate surface area is 134 Å². The van der Waals surface area contributed by atoms with Crippen molar-refractivity contribution in [1.29, 1.82) is 0 Å². The van der Waals surface area contributed by atoms with E-state index in [0.717, 1.165) is 6.20 Å². The summed E-state index contributed by atoms with van der Waals surface area (Å²) in [5.41, 5.74) is 6.91. The molecule has 0 aliphatic carbocycles. The van der Waals surface area contributed by atoms with E-state index in [4.69, 9.17) is 10.3 Å². The number of rotatable bonds is 4. The van der Waals surface area contributed by atoms with Gasteiger partial charge in [-0.1, -0.05) is 5.16 Å². The van der Waals surface area contributed by atoms with Crippen molar-refractivity contribution < 1.29 is 13.7 Å². The van der Waals surface area contributed by atoms with Crippen LogP contribution in [0.1, 0.15) is 26.0 Å². The molecule has 0 atom stereocenters. The summed E-state index contributed by atoms with van der Waals surface area (Å²) in [6.07, 6.45) is 6.03. The fourth-order valence-corrected chi connectivity index (χ4v) is 2.58. The van der Waals surface area contributed by atoms with Gasteiger partial charge < -0.3 is 10.3 Å². The number of pyridine rings is 1. The van der Waals surface area contributed by atoms with Gasteiger partial charge in [-0.15, -0.1) is 11.3 Å². The van der Waals surface area contributed by atoms with E-state index in [-0.39, 0.29) is 0 Å². The Morgan fingerprint density at radius 2 is 2.13 bits per heavy atom. The van der Waals surface area contributed by atoms with Crippen molar-refractivity contribution in [2.45, 2.75) is 6.92 Å². The van der Waals surface area contributed by atoms with Crippen LogP contribution in [-0.4, -0.2) is 21.0 Å². The van der Waals surface area contributed by atoms with Crippen LogP contribution in [0.3, 0.4) is 0 Å². The standard InChI is InChI=1S/C15H11FN4O2S/c1-8-10(3-5-13-19-7-12(23-13)15(17)21)14(20-22-8)11-4-2-9(16)6-18-11/h2-7H,1H3,(H2,17,21)/b5-3+. The predicted octanol–water partition coefficient (Wildman–Crippen LogP) is 2.91. The van der Waals surface area contributed by atoms with Crippen LogP contribution in [-0.2, 0) is 0 Å². The van der Waals surface area contributed by atoms with Crippen molar-refractivity contribution in [2.75, 3.05) is 0 Å². The molecule has 2 N–H and O–H groups in total. The fourth-order valence-electron chi connectivity index (χ4n) is 1.91. The lowest BCUT2D eigenvalue weighted by atomic mass is 10.1. The van der Waals surface area contributed by atoms with Crippen LogP contribution in [0.25, 0.3) is 23.5 Å². The molecule has 3 aromatic rings. The number of aryl methyl sites for hydroxylation is 1. The van der Waals surface area contributed by atoms with Crippen LogP contribution in [0, 0.1) is 12.7 Å². The molecule has 0 aliphatic heterocycles. The largest absolute Gasteiger partial charge is 0.365 e. The molecule has 23 heavy (non-hydrogen) atoms. The number of hydrogen-bond donors (Lipinski definition) is 1. The van der Waals surface area contributed by atoms with E-state index in [1.54, 1.807) is 19.1 Å². The molecule has 0 saturated carbocycles. The number of halogens is 1. The Bertz CT molecular complexity index is 883. The minimum Gasteiger partial charge on any atom is -0.365 e. The molecular formula is C15H11FN4O2S. The van der Waals surface area contributed by atoms with Crippen LogP contribution in [0.2, 0.25) is 0 Å². The molecule has 0 bridgehead atoms. The summed E-state index contributed by atoms with van der Waals surface area (Å²) in [6.45, 7) is 1.76. The van der Waals surface area contributed by atoms with Crippen LogP contribution in [0.15, 0.2) is 29.0 Å². The molecule has 6 nitrogen and oxygen atoms in total. The summed E-state index contributed by atoms with van der Waals surface area (Å²) in [5, 5.41) is 4.58. The average Bonchev–Trinajstić information content (AvgIpc) is 3.13. The van der Waals surface area contributed by atoms with Gasteiger partial charge in [0.2, 0.25) is 0 Å². The zero-order valence-corrected chi connectivity index (χ0v) is 12.8. The third kappa shape index (κ3) is 3.16. The number of aromatic nitrogens is 3. The molecule has 3 rings (SSSR count). The van der Waals surface area contributed by atoms with Crippen molar-refractivity contribution >= 4 is 29.4 Å². The smallest absolute Gasteiger partial charge is 0.260 e. The number of carbonyl (C=O) groups excluding carboxylic acids is 1. The number of primary amides is 1. The Hall–Kier alpha value is -2.87.